The highest BCUT2D eigenvalue weighted by Crippen LogP contribution is 2.45. The fourth-order valence-electron chi connectivity index (χ4n) is 12.4. The minimum atomic E-state index is -4.96. The van der Waals surface area contributed by atoms with Crippen LogP contribution in [0.1, 0.15) is 415 Å². The van der Waals surface area contributed by atoms with E-state index in [1.54, 1.807) is 0 Å². The molecule has 0 fully saturated rings. The van der Waals surface area contributed by atoms with Crippen LogP contribution >= 0.6 is 15.6 Å². The van der Waals surface area contributed by atoms with Gasteiger partial charge in [-0.3, -0.25) is 37.3 Å². The topological polar surface area (TPSA) is 237 Å². The first-order valence-electron chi connectivity index (χ1n) is 41.7. The summed E-state index contributed by atoms with van der Waals surface area (Å²) in [6.07, 6.45) is 57.2. The van der Waals surface area contributed by atoms with Crippen molar-refractivity contribution >= 4 is 39.5 Å². The number of rotatable bonds is 78. The van der Waals surface area contributed by atoms with E-state index < -0.39 is 97.5 Å². The van der Waals surface area contributed by atoms with Gasteiger partial charge in [0.25, 0.3) is 0 Å². The second kappa shape index (κ2) is 70.1. The van der Waals surface area contributed by atoms with E-state index in [0.29, 0.717) is 31.6 Å². The molecular weight excluding hydrogens is 1310 g/mol. The predicted octanol–water partition coefficient (Wildman–Crippen LogP) is 24.0. The van der Waals surface area contributed by atoms with E-state index in [4.69, 9.17) is 37.0 Å². The van der Waals surface area contributed by atoms with Gasteiger partial charge in [0.05, 0.1) is 26.4 Å². The molecule has 0 aromatic rings. The molecule has 0 rings (SSSR count). The van der Waals surface area contributed by atoms with Gasteiger partial charge in [0.2, 0.25) is 0 Å². The van der Waals surface area contributed by atoms with Crippen molar-refractivity contribution in [1.82, 2.24) is 0 Å². The normalized spacial score (nSPS) is 14.3. The van der Waals surface area contributed by atoms with Crippen molar-refractivity contribution in [3.05, 3.63) is 0 Å². The largest absolute Gasteiger partial charge is 0.472 e. The van der Waals surface area contributed by atoms with Crippen LogP contribution in [0.5, 0.6) is 0 Å². The number of phosphoric ester groups is 2. The summed E-state index contributed by atoms with van der Waals surface area (Å²) in [5.41, 5.74) is 0. The monoisotopic (exact) mass is 1470 g/mol. The van der Waals surface area contributed by atoms with Gasteiger partial charge in [0.15, 0.2) is 12.2 Å². The average Bonchev–Trinajstić information content (AvgIpc) is 0.921. The number of carbonyl (C=O) groups excluding carboxylic acids is 4. The van der Waals surface area contributed by atoms with Crippen molar-refractivity contribution in [2.45, 2.75) is 433 Å². The molecule has 0 radical (unpaired) electrons. The molecule has 0 saturated heterocycles. The number of carbonyl (C=O) groups is 4. The van der Waals surface area contributed by atoms with Crippen molar-refractivity contribution < 1.29 is 80.2 Å². The number of ether oxygens (including phenoxy) is 4. The number of aliphatic hydroxyl groups is 1. The molecule has 0 heterocycles. The summed E-state index contributed by atoms with van der Waals surface area (Å²) in [5, 5.41) is 10.6. The molecule has 19 heteroatoms. The first-order chi connectivity index (χ1) is 48.1. The van der Waals surface area contributed by atoms with E-state index in [0.717, 1.165) is 114 Å². The van der Waals surface area contributed by atoms with Crippen molar-refractivity contribution in [2.75, 3.05) is 39.6 Å². The maximum absolute atomic E-state index is 13.1. The summed E-state index contributed by atoms with van der Waals surface area (Å²) in [6.45, 7) is 14.2. The number of esters is 4. The highest BCUT2D eigenvalue weighted by atomic mass is 31.2. The van der Waals surface area contributed by atoms with Crippen molar-refractivity contribution in [3.8, 4) is 0 Å². The van der Waals surface area contributed by atoms with Gasteiger partial charge in [-0.05, 0) is 49.4 Å². The summed E-state index contributed by atoms with van der Waals surface area (Å²) in [4.78, 5) is 72.9. The van der Waals surface area contributed by atoms with E-state index in [1.165, 1.54) is 212 Å². The van der Waals surface area contributed by atoms with Gasteiger partial charge in [0, 0.05) is 25.7 Å². The van der Waals surface area contributed by atoms with E-state index in [9.17, 15) is 43.2 Å². The first-order valence-corrected chi connectivity index (χ1v) is 44.7. The van der Waals surface area contributed by atoms with Crippen LogP contribution in [0.2, 0.25) is 0 Å². The van der Waals surface area contributed by atoms with Gasteiger partial charge in [-0.2, -0.15) is 0 Å². The Morgan fingerprint density at radius 2 is 0.480 bits per heavy atom. The Morgan fingerprint density at radius 1 is 0.280 bits per heavy atom. The zero-order chi connectivity index (χ0) is 73.8. The highest BCUT2D eigenvalue weighted by Gasteiger charge is 2.30. The molecule has 6 atom stereocenters. The zero-order valence-corrected chi connectivity index (χ0v) is 67.6. The molecule has 594 valence electrons. The van der Waals surface area contributed by atoms with Crippen LogP contribution in [0.3, 0.4) is 0 Å². The van der Waals surface area contributed by atoms with Crippen LogP contribution in [0, 0.1) is 23.7 Å². The number of aliphatic hydroxyl groups excluding tert-OH is 1. The van der Waals surface area contributed by atoms with E-state index in [1.807, 2.05) is 0 Å². The van der Waals surface area contributed by atoms with Crippen LogP contribution in [-0.2, 0) is 65.4 Å². The molecule has 0 amide bonds. The van der Waals surface area contributed by atoms with Crippen molar-refractivity contribution in [1.29, 1.82) is 0 Å². The molecule has 0 aliphatic rings. The standard InChI is InChI=1S/C81H158O17P2/c1-9-74(8)60-52-44-39-40-48-56-64-81(86)98-77(68-92-79(84)62-54-46-38-32-35-43-51-59-73(6)7)70-96-100(89,90)94-66-75(82)65-93-99(87,88)95-69-76(97-80(85)63-55-47-37-31-27-23-19-15-14-17-21-25-29-34-42-50-58-72(4)5)67-91-78(83)61-53-45-36-30-26-22-18-13-11-10-12-16-20-24-28-33-41-49-57-71(2)3/h71-77,82H,9-70H2,1-8H3,(H,87,88)(H,89,90)/t74?,75?,76-,77-/m1/s1. The number of hydrogen-bond acceptors (Lipinski definition) is 15. The molecule has 4 unspecified atom stereocenters. The number of hydrogen-bond donors (Lipinski definition) is 3. The minimum Gasteiger partial charge on any atom is -0.462 e. The smallest absolute Gasteiger partial charge is 0.462 e. The molecule has 0 aliphatic carbocycles. The van der Waals surface area contributed by atoms with Gasteiger partial charge in [-0.15, -0.1) is 0 Å². The number of phosphoric acid groups is 2. The van der Waals surface area contributed by atoms with E-state index in [2.05, 4.69) is 55.4 Å². The molecule has 3 N–H and O–H groups in total. The van der Waals surface area contributed by atoms with Crippen molar-refractivity contribution in [3.63, 3.8) is 0 Å². The molecule has 0 bridgehead atoms. The van der Waals surface area contributed by atoms with Gasteiger partial charge >= 0.3 is 39.5 Å². The molecule has 0 aromatic heterocycles. The highest BCUT2D eigenvalue weighted by molar-refractivity contribution is 7.47. The lowest BCUT2D eigenvalue weighted by molar-refractivity contribution is -0.161. The predicted molar refractivity (Wildman–Crippen MR) is 409 cm³/mol. The Labute approximate surface area is 613 Å². The third-order valence-corrected chi connectivity index (χ3v) is 21.1. The molecule has 0 saturated carbocycles. The summed E-state index contributed by atoms with van der Waals surface area (Å²) in [7, 11) is -9.92. The SMILES string of the molecule is CCC(C)CCCCCCCCC(=O)O[C@H](COC(=O)CCCCCCCCCC(C)C)COP(=O)(O)OCC(O)COP(=O)(O)OC[C@@H](COC(=O)CCCCCCCCCCCCCCCCCCCCC(C)C)OC(=O)CCCCCCCCCCCCCCCCCCC(C)C. The van der Waals surface area contributed by atoms with Crippen LogP contribution in [0.25, 0.3) is 0 Å². The second-order valence-electron chi connectivity index (χ2n) is 30.8. The fourth-order valence-corrected chi connectivity index (χ4v) is 14.0. The number of unbranched alkanes of at least 4 members (excludes halogenated alkanes) is 43. The third kappa shape index (κ3) is 73.0. The molecular formula is C81H158O17P2. The van der Waals surface area contributed by atoms with Crippen LogP contribution in [0.15, 0.2) is 0 Å². The molecule has 0 aliphatic heterocycles. The zero-order valence-electron chi connectivity index (χ0n) is 65.8. The maximum Gasteiger partial charge on any atom is 0.472 e. The molecule has 0 spiro atoms. The second-order valence-corrected chi connectivity index (χ2v) is 33.7. The van der Waals surface area contributed by atoms with Gasteiger partial charge in [-0.1, -0.05) is 364 Å². The summed E-state index contributed by atoms with van der Waals surface area (Å²) >= 11 is 0. The average molecular weight is 1470 g/mol. The van der Waals surface area contributed by atoms with E-state index >= 15 is 0 Å². The van der Waals surface area contributed by atoms with Gasteiger partial charge in [-0.25, -0.2) is 9.13 Å². The maximum atomic E-state index is 13.1. The Hall–Kier alpha value is -1.94. The Bertz CT molecular complexity index is 1960. The summed E-state index contributed by atoms with van der Waals surface area (Å²) in [6, 6.07) is 0. The molecule has 0 aromatic carbocycles. The third-order valence-electron chi connectivity index (χ3n) is 19.2. The minimum absolute atomic E-state index is 0.102. The Kier molecular flexibility index (Phi) is 68.7. The molecule has 100 heavy (non-hydrogen) atoms. The first kappa shape index (κ1) is 98.1. The lowest BCUT2D eigenvalue weighted by Crippen LogP contribution is -2.30. The van der Waals surface area contributed by atoms with Gasteiger partial charge in [0.1, 0.15) is 19.3 Å². The molecule has 17 nitrogen and oxygen atoms in total. The van der Waals surface area contributed by atoms with Crippen molar-refractivity contribution in [2.24, 2.45) is 23.7 Å². The lowest BCUT2D eigenvalue weighted by Gasteiger charge is -2.21. The van der Waals surface area contributed by atoms with Crippen LogP contribution in [0.4, 0.5) is 0 Å². The van der Waals surface area contributed by atoms with Crippen LogP contribution < -0.4 is 0 Å². The van der Waals surface area contributed by atoms with E-state index in [-0.39, 0.29) is 25.7 Å². The summed E-state index contributed by atoms with van der Waals surface area (Å²) < 4.78 is 68.6. The lowest BCUT2D eigenvalue weighted by atomic mass is 10.00. The van der Waals surface area contributed by atoms with Gasteiger partial charge < -0.3 is 33.8 Å². The summed E-state index contributed by atoms with van der Waals surface area (Å²) in [5.74, 6) is 0.938. The quantitative estimate of drug-likeness (QED) is 0.0222. The fraction of sp³-hybridized carbons (Fsp3) is 0.951. The Balaban J connectivity index is 5.19. The van der Waals surface area contributed by atoms with Crippen LogP contribution in [-0.4, -0.2) is 96.7 Å². The Morgan fingerprint density at radius 3 is 0.710 bits per heavy atom.